The quantitative estimate of drug-likeness (QED) is 0.429. The molecule has 3 heterocycles. The molecule has 0 aromatic rings. The molecule has 4 nitrogen and oxygen atoms in total. The first kappa shape index (κ1) is 4.82. The Hall–Kier alpha value is -0.930. The highest BCUT2D eigenvalue weighted by Crippen LogP contribution is 2.29. The molecule has 0 aromatic carbocycles. The fraction of sp³-hybridized carbons (Fsp3) is 0.833. The molecule has 0 aliphatic carbocycles. The van der Waals surface area contributed by atoms with Crippen molar-refractivity contribution in [1.29, 1.82) is 0 Å². The third-order valence-corrected chi connectivity index (χ3v) is 2.34. The van der Waals surface area contributed by atoms with E-state index < -0.39 is 0 Å². The molecule has 3 rings (SSSR count). The third kappa shape index (κ3) is 0.414. The minimum absolute atomic E-state index is 0.302. The van der Waals surface area contributed by atoms with Crippen molar-refractivity contribution < 1.29 is 9.58 Å². The molecule has 0 spiro atoms. The van der Waals surface area contributed by atoms with Gasteiger partial charge in [0.15, 0.2) is 0 Å². The van der Waals surface area contributed by atoms with Gasteiger partial charge in [0.05, 0.1) is 0 Å². The van der Waals surface area contributed by atoms with Crippen LogP contribution in [0.5, 0.6) is 0 Å². The Bertz CT molecular complexity index is 235. The summed E-state index contributed by atoms with van der Waals surface area (Å²) < 4.78 is 1.90. The highest BCUT2D eigenvalue weighted by Gasteiger charge is 2.52. The van der Waals surface area contributed by atoms with E-state index in [0.717, 1.165) is 13.1 Å². The van der Waals surface area contributed by atoms with Crippen LogP contribution in [0.4, 0.5) is 0 Å². The van der Waals surface area contributed by atoms with Crippen molar-refractivity contribution in [1.82, 2.24) is 0 Å². The van der Waals surface area contributed by atoms with Gasteiger partial charge >= 0.3 is 0 Å². The minimum atomic E-state index is 0.302. The standard InChI is InChI=1S/C6H8N3O/c1-6-4-2-9(10-6)3-5(4)8-7-1/h2,4-6H,1,3H2/q+1. The van der Waals surface area contributed by atoms with Gasteiger partial charge in [-0.3, -0.25) is 4.84 Å². The molecule has 10 heavy (non-hydrogen) atoms. The topological polar surface area (TPSA) is 37.0 Å². The Morgan fingerprint density at radius 2 is 2.60 bits per heavy atom. The molecule has 2 bridgehead atoms. The molecule has 0 amide bonds. The van der Waals surface area contributed by atoms with Crippen LogP contribution in [0, 0.1) is 5.92 Å². The van der Waals surface area contributed by atoms with Crippen molar-refractivity contribution in [3.8, 4) is 0 Å². The lowest BCUT2D eigenvalue weighted by Gasteiger charge is -2.21. The number of nitrogens with zero attached hydrogens (tertiary/aromatic N) is 3. The predicted molar refractivity (Wildman–Crippen MR) is 33.1 cm³/mol. The molecule has 52 valence electrons. The summed E-state index contributed by atoms with van der Waals surface area (Å²) in [6, 6.07) is 0.396. The number of hydrogen-bond acceptors (Lipinski definition) is 3. The molecule has 3 aliphatic heterocycles. The van der Waals surface area contributed by atoms with Gasteiger partial charge in [0, 0.05) is 0 Å². The predicted octanol–water partition coefficient (Wildman–Crippen LogP) is -0.152. The first-order chi connectivity index (χ1) is 4.93. The van der Waals surface area contributed by atoms with E-state index in [2.05, 4.69) is 16.4 Å². The maximum Gasteiger partial charge on any atom is 0.217 e. The second kappa shape index (κ2) is 1.38. The lowest BCUT2D eigenvalue weighted by atomic mass is 9.96. The zero-order chi connectivity index (χ0) is 6.55. The van der Waals surface area contributed by atoms with Crippen molar-refractivity contribution in [3.05, 3.63) is 0 Å². The van der Waals surface area contributed by atoms with E-state index >= 15 is 0 Å². The lowest BCUT2D eigenvalue weighted by molar-refractivity contribution is -0.789. The van der Waals surface area contributed by atoms with Crippen molar-refractivity contribution in [2.75, 3.05) is 13.1 Å². The van der Waals surface area contributed by atoms with Gasteiger partial charge in [-0.15, -0.1) is 0 Å². The van der Waals surface area contributed by atoms with Gasteiger partial charge in [0.1, 0.15) is 18.5 Å². The van der Waals surface area contributed by atoms with Crippen LogP contribution in [0.25, 0.3) is 0 Å². The van der Waals surface area contributed by atoms with Crippen LogP contribution in [0.15, 0.2) is 10.2 Å². The second-order valence-corrected chi connectivity index (χ2v) is 2.98. The molecule has 0 aromatic heterocycles. The average molecular weight is 138 g/mol. The Morgan fingerprint density at radius 1 is 1.60 bits per heavy atom. The molecule has 3 atom stereocenters. The summed E-state index contributed by atoms with van der Waals surface area (Å²) in [4.78, 5) is 5.46. The molecule has 0 fully saturated rings. The largest absolute Gasteiger partial charge is 0.271 e. The molecule has 0 saturated heterocycles. The molecule has 4 heteroatoms. The Balaban J connectivity index is 2.06. The Labute approximate surface area is 58.2 Å². The van der Waals surface area contributed by atoms with E-state index in [0.29, 0.717) is 18.1 Å². The summed E-state index contributed by atoms with van der Waals surface area (Å²) in [5.41, 5.74) is 0. The zero-order valence-corrected chi connectivity index (χ0v) is 5.47. The number of rotatable bonds is 0. The monoisotopic (exact) mass is 138 g/mol. The molecular formula is C6H8N3O+. The highest BCUT2D eigenvalue weighted by atomic mass is 16.7. The van der Waals surface area contributed by atoms with Crippen molar-refractivity contribution in [2.45, 2.75) is 12.1 Å². The average Bonchev–Trinajstić information content (AvgIpc) is 2.40. The van der Waals surface area contributed by atoms with E-state index in [1.807, 2.05) is 4.74 Å². The number of hydroxylamine groups is 1. The van der Waals surface area contributed by atoms with Crippen LogP contribution >= 0.6 is 0 Å². The SMILES string of the molecule is C1=[N+]2CC3N=NCC(O2)C13. The molecule has 3 aliphatic rings. The maximum absolute atomic E-state index is 5.46. The van der Waals surface area contributed by atoms with E-state index in [1.165, 1.54) is 0 Å². The summed E-state index contributed by atoms with van der Waals surface area (Å²) >= 11 is 0. The number of azo groups is 1. The first-order valence-electron chi connectivity index (χ1n) is 3.58. The molecular weight excluding hydrogens is 130 g/mol. The highest BCUT2D eigenvalue weighted by molar-refractivity contribution is 5.60. The normalized spacial score (nSPS) is 47.2. The Kier molecular flexibility index (Phi) is 0.667. The van der Waals surface area contributed by atoms with E-state index in [-0.39, 0.29) is 0 Å². The summed E-state index contributed by atoms with van der Waals surface area (Å²) in [5.74, 6) is 0.525. The van der Waals surface area contributed by atoms with Crippen LogP contribution < -0.4 is 0 Å². The fourth-order valence-electron chi connectivity index (χ4n) is 1.83. The molecule has 0 saturated carbocycles. The molecule has 3 unspecified atom stereocenters. The van der Waals surface area contributed by atoms with Gasteiger partial charge in [-0.25, -0.2) is 0 Å². The van der Waals surface area contributed by atoms with Gasteiger partial charge in [-0.2, -0.15) is 10.2 Å². The van der Waals surface area contributed by atoms with Gasteiger partial charge in [0.2, 0.25) is 18.9 Å². The van der Waals surface area contributed by atoms with Crippen LogP contribution in [-0.2, 0) is 4.84 Å². The van der Waals surface area contributed by atoms with E-state index in [9.17, 15) is 0 Å². The van der Waals surface area contributed by atoms with E-state index in [4.69, 9.17) is 4.84 Å². The fourth-order valence-corrected chi connectivity index (χ4v) is 1.83. The van der Waals surface area contributed by atoms with Crippen LogP contribution in [0.2, 0.25) is 0 Å². The van der Waals surface area contributed by atoms with Crippen molar-refractivity contribution in [2.24, 2.45) is 16.1 Å². The molecule has 0 radical (unpaired) electrons. The van der Waals surface area contributed by atoms with Gasteiger partial charge in [-0.05, 0) is 4.74 Å². The van der Waals surface area contributed by atoms with Crippen LogP contribution in [0.3, 0.4) is 0 Å². The van der Waals surface area contributed by atoms with Gasteiger partial charge in [-0.1, -0.05) is 0 Å². The second-order valence-electron chi connectivity index (χ2n) is 2.98. The first-order valence-corrected chi connectivity index (χ1v) is 3.58. The van der Waals surface area contributed by atoms with Gasteiger partial charge < -0.3 is 0 Å². The number of hydrogen-bond donors (Lipinski definition) is 0. The van der Waals surface area contributed by atoms with Gasteiger partial charge in [0.25, 0.3) is 0 Å². The van der Waals surface area contributed by atoms with Crippen molar-refractivity contribution in [3.63, 3.8) is 0 Å². The maximum atomic E-state index is 5.46. The third-order valence-electron chi connectivity index (χ3n) is 2.34. The Morgan fingerprint density at radius 3 is 3.30 bits per heavy atom. The summed E-state index contributed by atoms with van der Waals surface area (Å²) in [7, 11) is 0. The summed E-state index contributed by atoms with van der Waals surface area (Å²) in [6.07, 6.45) is 2.43. The van der Waals surface area contributed by atoms with Crippen LogP contribution in [0.1, 0.15) is 0 Å². The minimum Gasteiger partial charge on any atom is -0.271 e. The summed E-state index contributed by atoms with van der Waals surface area (Å²) in [6.45, 7) is 1.65. The van der Waals surface area contributed by atoms with Crippen molar-refractivity contribution >= 4 is 6.21 Å². The lowest BCUT2D eigenvalue weighted by Crippen LogP contribution is -2.40. The van der Waals surface area contributed by atoms with Crippen LogP contribution in [-0.4, -0.2) is 36.2 Å². The van der Waals surface area contributed by atoms with E-state index in [1.54, 1.807) is 0 Å². The molecule has 0 N–H and O–H groups in total. The smallest absolute Gasteiger partial charge is 0.217 e. The summed E-state index contributed by atoms with van der Waals surface area (Å²) in [5, 5.41) is 8.14. The zero-order valence-electron chi connectivity index (χ0n) is 5.47.